The van der Waals surface area contributed by atoms with Crippen molar-refractivity contribution in [1.29, 1.82) is 0 Å². The third-order valence-electron chi connectivity index (χ3n) is 3.01. The Labute approximate surface area is 123 Å². The molecule has 0 aliphatic heterocycles. The number of rotatable bonds is 5. The normalized spacial score (nSPS) is 10.4. The van der Waals surface area contributed by atoms with E-state index in [1.807, 2.05) is 32.0 Å². The lowest BCUT2D eigenvalue weighted by Crippen LogP contribution is -2.14. The number of nitrogens with two attached hydrogens (primary N) is 1. The maximum Gasteiger partial charge on any atom is 0.148 e. The van der Waals surface area contributed by atoms with Crippen LogP contribution in [0.2, 0.25) is 0 Å². The molecule has 0 amide bonds. The number of thioether (sulfide) groups is 1. The molecule has 0 saturated carbocycles. The van der Waals surface area contributed by atoms with Crippen LogP contribution in [-0.4, -0.2) is 16.2 Å². The molecule has 1 aromatic carbocycles. The van der Waals surface area contributed by atoms with Crippen molar-refractivity contribution in [1.82, 2.24) is 9.97 Å². The van der Waals surface area contributed by atoms with Gasteiger partial charge in [-0.2, -0.15) is 0 Å². The Bertz CT molecular complexity index is 600. The maximum absolute atomic E-state index is 5.52. The van der Waals surface area contributed by atoms with Crippen LogP contribution < -0.4 is 16.6 Å². The molecule has 0 saturated heterocycles. The zero-order valence-electron chi connectivity index (χ0n) is 11.9. The number of nitrogen functional groups attached to an aromatic ring is 1. The molecule has 4 N–H and O–H groups in total. The van der Waals surface area contributed by atoms with Crippen LogP contribution in [0.15, 0.2) is 29.2 Å². The van der Waals surface area contributed by atoms with Crippen molar-refractivity contribution >= 4 is 29.1 Å². The summed E-state index contributed by atoms with van der Waals surface area (Å²) < 4.78 is 0. The maximum atomic E-state index is 5.52. The smallest absolute Gasteiger partial charge is 0.148 e. The second-order valence-electron chi connectivity index (χ2n) is 4.29. The van der Waals surface area contributed by atoms with E-state index in [0.29, 0.717) is 5.82 Å². The zero-order chi connectivity index (χ0) is 14.5. The molecule has 0 atom stereocenters. The topological polar surface area (TPSA) is 75.9 Å². The molecule has 1 aromatic heterocycles. The quantitative estimate of drug-likeness (QED) is 0.446. The van der Waals surface area contributed by atoms with Gasteiger partial charge in [0.2, 0.25) is 0 Å². The third-order valence-corrected chi connectivity index (χ3v) is 3.80. The Balaban J connectivity index is 2.42. The summed E-state index contributed by atoms with van der Waals surface area (Å²) in [6.07, 6.45) is 2.81. The first-order valence-electron chi connectivity index (χ1n) is 6.43. The van der Waals surface area contributed by atoms with Gasteiger partial charge in [-0.25, -0.2) is 15.8 Å². The van der Waals surface area contributed by atoms with Crippen molar-refractivity contribution in [3.8, 4) is 0 Å². The van der Waals surface area contributed by atoms with Crippen LogP contribution in [0.5, 0.6) is 0 Å². The van der Waals surface area contributed by atoms with Gasteiger partial charge in [0.05, 0.1) is 5.69 Å². The third kappa shape index (κ3) is 3.02. The van der Waals surface area contributed by atoms with E-state index in [2.05, 4.69) is 33.0 Å². The summed E-state index contributed by atoms with van der Waals surface area (Å²) in [5.41, 5.74) is 4.57. The summed E-state index contributed by atoms with van der Waals surface area (Å²) in [4.78, 5) is 10.1. The Kier molecular flexibility index (Phi) is 4.81. The predicted octanol–water partition coefficient (Wildman–Crippen LogP) is 3.10. The van der Waals surface area contributed by atoms with Crippen molar-refractivity contribution in [2.45, 2.75) is 25.2 Å². The molecule has 0 spiro atoms. The van der Waals surface area contributed by atoms with Crippen molar-refractivity contribution in [2.75, 3.05) is 17.0 Å². The van der Waals surface area contributed by atoms with E-state index < -0.39 is 0 Å². The SMILES string of the molecule is CCc1nc(NN)c(C)c(Nc2ccccc2SC)n1. The zero-order valence-corrected chi connectivity index (χ0v) is 12.7. The van der Waals surface area contributed by atoms with Gasteiger partial charge in [0.1, 0.15) is 17.5 Å². The monoisotopic (exact) mass is 289 g/mol. The van der Waals surface area contributed by atoms with Crippen molar-refractivity contribution in [3.05, 3.63) is 35.7 Å². The van der Waals surface area contributed by atoms with Crippen LogP contribution in [0.25, 0.3) is 0 Å². The van der Waals surface area contributed by atoms with Gasteiger partial charge in [0.25, 0.3) is 0 Å². The number of nitrogens with one attached hydrogen (secondary N) is 2. The molecule has 106 valence electrons. The summed E-state index contributed by atoms with van der Waals surface area (Å²) in [6, 6.07) is 8.14. The number of hydrazine groups is 1. The highest BCUT2D eigenvalue weighted by molar-refractivity contribution is 7.98. The average molecular weight is 289 g/mol. The van der Waals surface area contributed by atoms with Crippen LogP contribution in [0, 0.1) is 6.92 Å². The summed E-state index contributed by atoms with van der Waals surface area (Å²) in [6.45, 7) is 3.96. The molecular weight excluding hydrogens is 270 g/mol. The molecule has 0 radical (unpaired) electrons. The summed E-state index contributed by atoms with van der Waals surface area (Å²) in [5.74, 6) is 7.71. The first-order chi connectivity index (χ1) is 9.69. The fraction of sp³-hybridized carbons (Fsp3) is 0.286. The highest BCUT2D eigenvalue weighted by Gasteiger charge is 2.11. The lowest BCUT2D eigenvalue weighted by atomic mass is 10.2. The van der Waals surface area contributed by atoms with Gasteiger partial charge < -0.3 is 10.7 Å². The Morgan fingerprint density at radius 3 is 2.55 bits per heavy atom. The summed E-state index contributed by atoms with van der Waals surface area (Å²) in [5, 5.41) is 3.37. The lowest BCUT2D eigenvalue weighted by Gasteiger charge is -2.14. The highest BCUT2D eigenvalue weighted by atomic mass is 32.2. The molecule has 0 aliphatic carbocycles. The first-order valence-corrected chi connectivity index (χ1v) is 7.66. The van der Waals surface area contributed by atoms with Gasteiger partial charge in [-0.1, -0.05) is 19.1 Å². The van der Waals surface area contributed by atoms with Crippen molar-refractivity contribution in [3.63, 3.8) is 0 Å². The fourth-order valence-electron chi connectivity index (χ4n) is 1.86. The fourth-order valence-corrected chi connectivity index (χ4v) is 2.41. The Morgan fingerprint density at radius 2 is 1.90 bits per heavy atom. The van der Waals surface area contributed by atoms with E-state index in [1.54, 1.807) is 11.8 Å². The minimum atomic E-state index is 0.654. The predicted molar refractivity (Wildman–Crippen MR) is 85.5 cm³/mol. The standard InChI is InChI=1S/C14H19N5S/c1-4-12-17-13(9(2)14(18-12)19-15)16-10-7-5-6-8-11(10)20-3/h5-8H,4,15H2,1-3H3,(H2,16,17,18,19). The molecule has 20 heavy (non-hydrogen) atoms. The second-order valence-corrected chi connectivity index (χ2v) is 5.13. The number of hydrogen-bond acceptors (Lipinski definition) is 6. The van der Waals surface area contributed by atoms with Gasteiger partial charge in [-0.15, -0.1) is 11.8 Å². The molecule has 0 fully saturated rings. The summed E-state index contributed by atoms with van der Waals surface area (Å²) in [7, 11) is 0. The van der Waals surface area contributed by atoms with Crippen LogP contribution in [-0.2, 0) is 6.42 Å². The first kappa shape index (κ1) is 14.6. The van der Waals surface area contributed by atoms with Gasteiger partial charge in [0.15, 0.2) is 0 Å². The molecule has 2 rings (SSSR count). The van der Waals surface area contributed by atoms with E-state index in [9.17, 15) is 0 Å². The number of hydrogen-bond donors (Lipinski definition) is 3. The van der Waals surface area contributed by atoms with Crippen LogP contribution in [0.3, 0.4) is 0 Å². The van der Waals surface area contributed by atoms with Crippen LogP contribution >= 0.6 is 11.8 Å². The Hall–Kier alpha value is -1.79. The van der Waals surface area contributed by atoms with E-state index in [1.165, 1.54) is 4.90 Å². The number of nitrogens with zero attached hydrogens (tertiary/aromatic N) is 2. The molecule has 0 aliphatic rings. The van der Waals surface area contributed by atoms with Crippen molar-refractivity contribution in [2.24, 2.45) is 5.84 Å². The largest absolute Gasteiger partial charge is 0.339 e. The number of benzene rings is 1. The molecule has 5 nitrogen and oxygen atoms in total. The summed E-state index contributed by atoms with van der Waals surface area (Å²) >= 11 is 1.69. The van der Waals surface area contributed by atoms with Gasteiger partial charge in [0, 0.05) is 16.9 Å². The van der Waals surface area contributed by atoms with E-state index in [4.69, 9.17) is 5.84 Å². The van der Waals surface area contributed by atoms with Crippen LogP contribution in [0.1, 0.15) is 18.3 Å². The molecule has 0 bridgehead atoms. The van der Waals surface area contributed by atoms with Gasteiger partial charge >= 0.3 is 0 Å². The minimum Gasteiger partial charge on any atom is -0.339 e. The van der Waals surface area contributed by atoms with E-state index in [-0.39, 0.29) is 0 Å². The number of aryl methyl sites for hydroxylation is 1. The van der Waals surface area contributed by atoms with E-state index >= 15 is 0 Å². The molecule has 1 heterocycles. The Morgan fingerprint density at radius 1 is 1.20 bits per heavy atom. The highest BCUT2D eigenvalue weighted by Crippen LogP contribution is 2.29. The molecule has 6 heteroatoms. The number of anilines is 3. The lowest BCUT2D eigenvalue weighted by molar-refractivity contribution is 0.931. The average Bonchev–Trinajstić information content (AvgIpc) is 2.49. The van der Waals surface area contributed by atoms with Crippen molar-refractivity contribution < 1.29 is 0 Å². The van der Waals surface area contributed by atoms with Crippen LogP contribution in [0.4, 0.5) is 17.3 Å². The van der Waals surface area contributed by atoms with E-state index in [0.717, 1.165) is 29.3 Å². The number of aromatic nitrogens is 2. The second kappa shape index (κ2) is 6.58. The number of para-hydroxylation sites is 1. The van der Waals surface area contributed by atoms with Gasteiger partial charge in [-0.3, -0.25) is 0 Å². The molecule has 2 aromatic rings. The van der Waals surface area contributed by atoms with Gasteiger partial charge in [-0.05, 0) is 25.3 Å². The molecule has 0 unspecified atom stereocenters. The minimum absolute atomic E-state index is 0.654. The molecular formula is C14H19N5S.